The van der Waals surface area contributed by atoms with E-state index in [2.05, 4.69) is 35.7 Å². The summed E-state index contributed by atoms with van der Waals surface area (Å²) < 4.78 is 26.8. The van der Waals surface area contributed by atoms with E-state index in [1.54, 1.807) is 25.1 Å². The lowest BCUT2D eigenvalue weighted by Gasteiger charge is -2.10. The van der Waals surface area contributed by atoms with Gasteiger partial charge in [0, 0.05) is 12.4 Å². The molecule has 0 aliphatic carbocycles. The zero-order chi connectivity index (χ0) is 17.9. The molecule has 0 saturated heterocycles. The van der Waals surface area contributed by atoms with Crippen LogP contribution in [0.2, 0.25) is 0 Å². The second-order valence-electron chi connectivity index (χ2n) is 5.03. The summed E-state index contributed by atoms with van der Waals surface area (Å²) in [6.45, 7) is 1.73. The normalized spacial score (nSPS) is 11.1. The summed E-state index contributed by atoms with van der Waals surface area (Å²) in [7, 11) is -3.78. The molecule has 0 atom stereocenters. The summed E-state index contributed by atoms with van der Waals surface area (Å²) in [5.41, 5.74) is 6.87. The molecule has 10 nitrogen and oxygen atoms in total. The van der Waals surface area contributed by atoms with Crippen molar-refractivity contribution in [3.8, 4) is 0 Å². The molecule has 0 unspecified atom stereocenters. The van der Waals surface area contributed by atoms with E-state index in [4.69, 9.17) is 0 Å². The maximum atomic E-state index is 12.3. The van der Waals surface area contributed by atoms with Crippen LogP contribution in [0.5, 0.6) is 0 Å². The molecule has 5 N–H and O–H groups in total. The van der Waals surface area contributed by atoms with Crippen molar-refractivity contribution in [3.05, 3.63) is 58.8 Å². The number of H-pyrrole nitrogens is 2. The number of rotatable bonds is 6. The lowest BCUT2D eigenvalue weighted by Crippen LogP contribution is -2.16. The van der Waals surface area contributed by atoms with Crippen molar-refractivity contribution in [2.75, 3.05) is 15.6 Å². The highest BCUT2D eigenvalue weighted by Gasteiger charge is 2.15. The summed E-state index contributed by atoms with van der Waals surface area (Å²) in [5.74, 6) is -0.00599. The van der Waals surface area contributed by atoms with E-state index < -0.39 is 10.0 Å². The van der Waals surface area contributed by atoms with Crippen molar-refractivity contribution >= 4 is 27.3 Å². The molecule has 0 fully saturated rings. The minimum Gasteiger partial charge on any atom is -0.301 e. The maximum absolute atomic E-state index is 12.3. The molecule has 3 aromatic rings. The number of aryl methyl sites for hydroxylation is 1. The van der Waals surface area contributed by atoms with Gasteiger partial charge in [0.25, 0.3) is 15.6 Å². The lowest BCUT2D eigenvalue weighted by atomic mass is 10.3. The fourth-order valence-corrected chi connectivity index (χ4v) is 2.94. The van der Waals surface area contributed by atoms with Gasteiger partial charge in [-0.25, -0.2) is 23.1 Å². The summed E-state index contributed by atoms with van der Waals surface area (Å²) >= 11 is 0. The average Bonchev–Trinajstić information content (AvgIpc) is 2.92. The Balaban J connectivity index is 1.70. The Hall–Kier alpha value is -3.34. The van der Waals surface area contributed by atoms with Gasteiger partial charge in [0.2, 0.25) is 5.95 Å². The Morgan fingerprint density at radius 2 is 1.68 bits per heavy atom. The van der Waals surface area contributed by atoms with Crippen LogP contribution in [0.4, 0.5) is 17.3 Å². The Bertz CT molecular complexity index is 1010. The minimum absolute atomic E-state index is 0.00599. The molecule has 0 bridgehead atoms. The molecule has 0 aliphatic rings. The number of sulfonamides is 1. The zero-order valence-corrected chi connectivity index (χ0v) is 13.9. The first-order chi connectivity index (χ1) is 12.0. The molecule has 0 radical (unpaired) electrons. The highest BCUT2D eigenvalue weighted by molar-refractivity contribution is 7.92. The highest BCUT2D eigenvalue weighted by Crippen LogP contribution is 2.16. The maximum Gasteiger partial charge on any atom is 0.289 e. The van der Waals surface area contributed by atoms with Crippen LogP contribution in [0.3, 0.4) is 0 Å². The quantitative estimate of drug-likeness (QED) is 0.412. The van der Waals surface area contributed by atoms with Crippen molar-refractivity contribution in [2.24, 2.45) is 0 Å². The van der Waals surface area contributed by atoms with E-state index in [-0.39, 0.29) is 16.4 Å². The molecular formula is C14H15N7O3S. The van der Waals surface area contributed by atoms with Gasteiger partial charge in [0.15, 0.2) is 0 Å². The van der Waals surface area contributed by atoms with E-state index in [0.717, 1.165) is 0 Å². The van der Waals surface area contributed by atoms with Gasteiger partial charge in [0.1, 0.15) is 5.69 Å². The SMILES string of the molecule is Cc1[nH][nH]c(=O)c1NNc1ccc(S(=O)(=O)Nc2ncccn2)cc1. The summed E-state index contributed by atoms with van der Waals surface area (Å²) in [6.07, 6.45) is 2.88. The molecule has 2 heterocycles. The van der Waals surface area contributed by atoms with Gasteiger partial charge in [-0.05, 0) is 37.3 Å². The second-order valence-corrected chi connectivity index (χ2v) is 6.71. The lowest BCUT2D eigenvalue weighted by molar-refractivity contribution is 0.601. The second kappa shape index (κ2) is 6.65. The van der Waals surface area contributed by atoms with Crippen LogP contribution in [0, 0.1) is 6.92 Å². The van der Waals surface area contributed by atoms with Gasteiger partial charge < -0.3 is 10.5 Å². The number of nitrogens with one attached hydrogen (secondary N) is 5. The molecule has 130 valence electrons. The fourth-order valence-electron chi connectivity index (χ4n) is 1.98. The highest BCUT2D eigenvalue weighted by atomic mass is 32.2. The molecule has 3 rings (SSSR count). The summed E-state index contributed by atoms with van der Waals surface area (Å²) in [4.78, 5) is 19.2. The molecule has 11 heteroatoms. The van der Waals surface area contributed by atoms with E-state index in [0.29, 0.717) is 17.1 Å². The van der Waals surface area contributed by atoms with Crippen LogP contribution in [0.25, 0.3) is 0 Å². The number of hydrazine groups is 1. The number of nitrogens with zero attached hydrogens (tertiary/aromatic N) is 2. The molecule has 0 aliphatic heterocycles. The van der Waals surface area contributed by atoms with E-state index in [1.165, 1.54) is 24.5 Å². The predicted molar refractivity (Wildman–Crippen MR) is 92.7 cm³/mol. The first kappa shape index (κ1) is 16.5. The summed E-state index contributed by atoms with van der Waals surface area (Å²) in [5, 5.41) is 5.13. The number of aromatic amines is 2. The monoisotopic (exact) mass is 361 g/mol. The van der Waals surface area contributed by atoms with Crippen molar-refractivity contribution in [1.82, 2.24) is 20.2 Å². The van der Waals surface area contributed by atoms with Gasteiger partial charge in [-0.15, -0.1) is 0 Å². The van der Waals surface area contributed by atoms with E-state index >= 15 is 0 Å². The molecular weight excluding hydrogens is 346 g/mol. The third-order valence-corrected chi connectivity index (χ3v) is 4.60. The number of hydrogen-bond acceptors (Lipinski definition) is 7. The average molecular weight is 361 g/mol. The molecule has 2 aromatic heterocycles. The standard InChI is InChI=1S/C14H15N7O3S/c1-9-12(13(22)20-17-9)19-18-10-3-5-11(6-4-10)25(23,24)21-14-15-7-2-8-16-14/h2-8,18-19H,1H3,(H,15,16,21)(H2,17,20,22). The minimum atomic E-state index is -3.78. The molecule has 25 heavy (non-hydrogen) atoms. The van der Waals surface area contributed by atoms with E-state index in [9.17, 15) is 13.2 Å². The molecule has 0 amide bonds. The van der Waals surface area contributed by atoms with Gasteiger partial charge in [-0.2, -0.15) is 0 Å². The Labute approximate surface area is 142 Å². The van der Waals surface area contributed by atoms with Gasteiger partial charge in [-0.1, -0.05) is 0 Å². The fraction of sp³-hybridized carbons (Fsp3) is 0.0714. The van der Waals surface area contributed by atoms with E-state index in [1.807, 2.05) is 0 Å². The first-order valence-corrected chi connectivity index (χ1v) is 8.63. The van der Waals surface area contributed by atoms with Crippen LogP contribution in [-0.4, -0.2) is 28.6 Å². The Morgan fingerprint density at radius 1 is 1.00 bits per heavy atom. The van der Waals surface area contributed by atoms with Crippen molar-refractivity contribution in [1.29, 1.82) is 0 Å². The van der Waals surface area contributed by atoms with Crippen molar-refractivity contribution < 1.29 is 8.42 Å². The van der Waals surface area contributed by atoms with Crippen molar-refractivity contribution in [3.63, 3.8) is 0 Å². The Morgan fingerprint density at radius 3 is 2.28 bits per heavy atom. The van der Waals surface area contributed by atoms with Crippen LogP contribution >= 0.6 is 0 Å². The van der Waals surface area contributed by atoms with Crippen LogP contribution in [-0.2, 0) is 10.0 Å². The zero-order valence-electron chi connectivity index (χ0n) is 13.1. The van der Waals surface area contributed by atoms with Crippen LogP contribution < -0.4 is 21.1 Å². The van der Waals surface area contributed by atoms with Crippen LogP contribution in [0.1, 0.15) is 5.69 Å². The largest absolute Gasteiger partial charge is 0.301 e. The van der Waals surface area contributed by atoms with Gasteiger partial charge in [-0.3, -0.25) is 15.3 Å². The Kier molecular flexibility index (Phi) is 4.39. The predicted octanol–water partition coefficient (Wildman–Crippen LogP) is 1.04. The molecule has 1 aromatic carbocycles. The third kappa shape index (κ3) is 3.77. The number of anilines is 3. The van der Waals surface area contributed by atoms with Crippen LogP contribution in [0.15, 0.2) is 52.4 Å². The first-order valence-electron chi connectivity index (χ1n) is 7.15. The number of benzene rings is 1. The molecule has 0 spiro atoms. The molecule has 0 saturated carbocycles. The van der Waals surface area contributed by atoms with Crippen molar-refractivity contribution in [2.45, 2.75) is 11.8 Å². The smallest absolute Gasteiger partial charge is 0.289 e. The summed E-state index contributed by atoms with van der Waals surface area (Å²) in [6, 6.07) is 7.54. The number of aromatic nitrogens is 4. The van der Waals surface area contributed by atoms with Gasteiger partial charge >= 0.3 is 0 Å². The topological polar surface area (TPSA) is 145 Å². The third-order valence-electron chi connectivity index (χ3n) is 3.25. The number of hydrogen-bond donors (Lipinski definition) is 5. The van der Waals surface area contributed by atoms with Gasteiger partial charge in [0.05, 0.1) is 16.3 Å².